The third kappa shape index (κ3) is 6.60. The number of hydrogen-bond acceptors (Lipinski definition) is 8. The van der Waals surface area contributed by atoms with E-state index in [9.17, 15) is 22.9 Å². The van der Waals surface area contributed by atoms with Crippen molar-refractivity contribution < 1.29 is 17.6 Å². The number of rotatable bonds is 7. The normalized spacial score (nSPS) is 21.3. The number of benzene rings is 1. The van der Waals surface area contributed by atoms with E-state index in [1.54, 1.807) is 6.07 Å². The predicted molar refractivity (Wildman–Crippen MR) is 159 cm³/mol. The van der Waals surface area contributed by atoms with Gasteiger partial charge in [0.15, 0.2) is 9.84 Å². The number of sulfone groups is 1. The zero-order valence-corrected chi connectivity index (χ0v) is 24.8. The Morgan fingerprint density at radius 1 is 1.12 bits per heavy atom. The third-order valence-corrected chi connectivity index (χ3v) is 10.7. The van der Waals surface area contributed by atoms with Gasteiger partial charge in [0.2, 0.25) is 5.91 Å². The Hall–Kier alpha value is -3.36. The Labute approximate surface area is 244 Å². The fourth-order valence-electron chi connectivity index (χ4n) is 5.58. The zero-order chi connectivity index (χ0) is 29.1. The van der Waals surface area contributed by atoms with Gasteiger partial charge in [0.25, 0.3) is 0 Å². The molecule has 216 valence electrons. The van der Waals surface area contributed by atoms with Crippen LogP contribution in [0.2, 0.25) is 0 Å². The van der Waals surface area contributed by atoms with Gasteiger partial charge in [0.1, 0.15) is 16.9 Å². The maximum absolute atomic E-state index is 13.6. The summed E-state index contributed by atoms with van der Waals surface area (Å²) in [7, 11) is -2.97. The molecule has 1 amide bonds. The Morgan fingerprint density at radius 2 is 1.83 bits per heavy atom. The highest BCUT2D eigenvalue weighted by Gasteiger charge is 2.37. The highest BCUT2D eigenvalue weighted by atomic mass is 32.2. The molecule has 3 atom stereocenters. The van der Waals surface area contributed by atoms with Gasteiger partial charge in [0.05, 0.1) is 40.0 Å². The Morgan fingerprint density at radius 3 is 2.46 bits per heavy atom. The summed E-state index contributed by atoms with van der Waals surface area (Å²) in [5.41, 5.74) is 3.30. The molecule has 1 unspecified atom stereocenters. The summed E-state index contributed by atoms with van der Waals surface area (Å²) in [6, 6.07) is 12.6. The molecule has 41 heavy (non-hydrogen) atoms. The smallest absolute Gasteiger partial charge is 0.224 e. The number of carbonyl (C=O) groups excluding carboxylic acids is 1. The van der Waals surface area contributed by atoms with E-state index in [0.29, 0.717) is 30.2 Å². The zero-order valence-electron chi connectivity index (χ0n) is 23.2. The van der Waals surface area contributed by atoms with Gasteiger partial charge in [-0.3, -0.25) is 9.78 Å². The van der Waals surface area contributed by atoms with Gasteiger partial charge >= 0.3 is 0 Å². The van der Waals surface area contributed by atoms with Crippen LogP contribution in [0.25, 0.3) is 21.1 Å². The van der Waals surface area contributed by atoms with Crippen LogP contribution in [0, 0.1) is 29.0 Å². The third-order valence-electron chi connectivity index (χ3n) is 8.00. The molecule has 3 aromatic rings. The summed E-state index contributed by atoms with van der Waals surface area (Å²) >= 11 is 1.47. The molecule has 0 radical (unpaired) electrons. The van der Waals surface area contributed by atoms with Crippen molar-refractivity contribution in [3.05, 3.63) is 54.1 Å². The second kappa shape index (κ2) is 12.2. The van der Waals surface area contributed by atoms with Crippen LogP contribution in [0.4, 0.5) is 10.1 Å². The molecule has 5 rings (SSSR count). The summed E-state index contributed by atoms with van der Waals surface area (Å²) < 4.78 is 37.4. The first-order chi connectivity index (χ1) is 19.6. The summed E-state index contributed by atoms with van der Waals surface area (Å²) in [6.45, 7) is 4.76. The highest BCUT2D eigenvalue weighted by molar-refractivity contribution is 7.91. The van der Waals surface area contributed by atoms with Crippen LogP contribution in [-0.4, -0.2) is 54.9 Å². The van der Waals surface area contributed by atoms with Crippen LogP contribution >= 0.6 is 11.3 Å². The second-order valence-electron chi connectivity index (χ2n) is 11.1. The van der Waals surface area contributed by atoms with Crippen LogP contribution in [0.15, 0.2) is 42.6 Å². The van der Waals surface area contributed by atoms with Crippen LogP contribution in [0.3, 0.4) is 0 Å². The lowest BCUT2D eigenvalue weighted by molar-refractivity contribution is -0.127. The van der Waals surface area contributed by atoms with Gasteiger partial charge in [-0.1, -0.05) is 38.8 Å². The van der Waals surface area contributed by atoms with Crippen molar-refractivity contribution in [2.24, 2.45) is 11.8 Å². The van der Waals surface area contributed by atoms with E-state index in [1.807, 2.05) is 38.1 Å². The number of nitrogens with one attached hydrogen (secondary N) is 1. The monoisotopic (exact) mass is 595 g/mol. The summed E-state index contributed by atoms with van der Waals surface area (Å²) in [5, 5.41) is 13.2. The first-order valence-corrected chi connectivity index (χ1v) is 16.7. The topological polar surface area (TPSA) is 116 Å². The molecule has 1 aliphatic heterocycles. The number of nitriles is 1. The number of carbonyl (C=O) groups is 1. The molecule has 8 nitrogen and oxygen atoms in total. The van der Waals surface area contributed by atoms with Crippen molar-refractivity contribution in [3.63, 3.8) is 0 Å². The number of nitrogens with zero attached hydrogens (tertiary/aromatic N) is 4. The van der Waals surface area contributed by atoms with Crippen molar-refractivity contribution in [1.29, 1.82) is 5.26 Å². The molecule has 0 bridgehead atoms. The molecule has 11 heteroatoms. The fraction of sp³-hybridized carbons (Fsp3) is 0.467. The summed E-state index contributed by atoms with van der Waals surface area (Å²) in [4.78, 5) is 25.8. The molecule has 0 spiro atoms. The lowest BCUT2D eigenvalue weighted by Crippen LogP contribution is -2.43. The van der Waals surface area contributed by atoms with Crippen LogP contribution < -0.4 is 10.2 Å². The molecular formula is C30H34FN5O3S2. The van der Waals surface area contributed by atoms with Crippen molar-refractivity contribution >= 4 is 32.8 Å². The van der Waals surface area contributed by atoms with Gasteiger partial charge in [-0.15, -0.1) is 11.3 Å². The van der Waals surface area contributed by atoms with Crippen molar-refractivity contribution in [1.82, 2.24) is 15.3 Å². The van der Waals surface area contributed by atoms with E-state index in [0.717, 1.165) is 41.1 Å². The van der Waals surface area contributed by atoms with Gasteiger partial charge in [-0.25, -0.2) is 17.8 Å². The van der Waals surface area contributed by atoms with E-state index < -0.39 is 21.7 Å². The van der Waals surface area contributed by atoms with Gasteiger partial charge < -0.3 is 10.2 Å². The molecule has 1 saturated heterocycles. The lowest BCUT2D eigenvalue weighted by atomic mass is 9.76. The van der Waals surface area contributed by atoms with Crippen LogP contribution in [0.5, 0.6) is 0 Å². The standard InChI is InChI=1S/C30H34FN5O3S2/c1-19(2)26(17-32)34-29(37)24-6-4-3-5-23(24)27-28(40-30(35-27)25-12-9-21(31)18-33-25)20-7-10-22(11-8-20)36-13-15-41(38,39)16-14-36/h7-12,18-19,23-24,26H,3-6,13-16H2,1-2H3,(H,34,37)/t23-,24-,26?/m1/s1. The van der Waals surface area contributed by atoms with E-state index in [1.165, 1.54) is 23.6 Å². The van der Waals surface area contributed by atoms with Gasteiger partial charge in [0, 0.05) is 30.6 Å². The number of anilines is 1. The van der Waals surface area contributed by atoms with E-state index in [2.05, 4.69) is 21.3 Å². The lowest BCUT2D eigenvalue weighted by Gasteiger charge is -2.31. The quantitative estimate of drug-likeness (QED) is 0.400. The Bertz CT molecular complexity index is 1520. The van der Waals surface area contributed by atoms with Crippen molar-refractivity contribution in [3.8, 4) is 27.2 Å². The van der Waals surface area contributed by atoms with E-state index in [4.69, 9.17) is 4.98 Å². The van der Waals surface area contributed by atoms with Crippen LogP contribution in [0.1, 0.15) is 51.1 Å². The van der Waals surface area contributed by atoms with E-state index >= 15 is 0 Å². The first kappa shape index (κ1) is 29.1. The molecule has 2 fully saturated rings. The van der Waals surface area contributed by atoms with Crippen molar-refractivity contribution in [2.45, 2.75) is 51.5 Å². The summed E-state index contributed by atoms with van der Waals surface area (Å²) in [5.74, 6) is -0.702. The molecule has 1 N–H and O–H groups in total. The number of thiazole rings is 1. The number of halogens is 1. The average molecular weight is 596 g/mol. The second-order valence-corrected chi connectivity index (χ2v) is 14.4. The molecular weight excluding hydrogens is 561 g/mol. The molecule has 1 aromatic carbocycles. The van der Waals surface area contributed by atoms with E-state index in [-0.39, 0.29) is 35.2 Å². The highest BCUT2D eigenvalue weighted by Crippen LogP contribution is 2.45. The number of aromatic nitrogens is 2. The average Bonchev–Trinajstić information content (AvgIpc) is 3.41. The minimum absolute atomic E-state index is 0.00416. The molecule has 3 heterocycles. The minimum atomic E-state index is -2.97. The number of amides is 1. The Balaban J connectivity index is 1.50. The molecule has 1 aliphatic carbocycles. The Kier molecular flexibility index (Phi) is 8.71. The maximum Gasteiger partial charge on any atom is 0.224 e. The summed E-state index contributed by atoms with van der Waals surface area (Å²) in [6.07, 6.45) is 4.58. The SMILES string of the molecule is CC(C)C(C#N)NC(=O)[C@@H]1CCCC[C@H]1c1nc(-c2ccc(F)cn2)sc1-c1ccc(N2CCS(=O)(=O)CC2)cc1. The first-order valence-electron chi connectivity index (χ1n) is 14.0. The van der Waals surface area contributed by atoms with Crippen molar-refractivity contribution in [2.75, 3.05) is 29.5 Å². The van der Waals surface area contributed by atoms with Gasteiger partial charge in [-0.2, -0.15) is 5.26 Å². The predicted octanol–water partition coefficient (Wildman–Crippen LogP) is 5.18. The van der Waals surface area contributed by atoms with Crippen LogP contribution in [-0.2, 0) is 14.6 Å². The molecule has 2 aromatic heterocycles. The number of pyridine rings is 1. The minimum Gasteiger partial charge on any atom is -0.369 e. The fourth-order valence-corrected chi connectivity index (χ4v) is 7.90. The molecule has 1 saturated carbocycles. The largest absolute Gasteiger partial charge is 0.369 e. The number of hydrogen-bond donors (Lipinski definition) is 1. The van der Waals surface area contributed by atoms with Gasteiger partial charge in [-0.05, 0) is 48.6 Å². The maximum atomic E-state index is 13.6. The molecule has 2 aliphatic rings.